The number of rotatable bonds is 18. The first-order chi connectivity index (χ1) is 21.6. The third kappa shape index (κ3) is 25.6. The Balaban J connectivity index is 4.93. The molecule has 0 saturated heterocycles. The normalized spacial score (nSPS) is 15.9. The quantitative estimate of drug-likeness (QED) is 0.119. The molecule has 1 nitrogen and oxygen atoms in total. The highest BCUT2D eigenvalue weighted by molar-refractivity contribution is 5.33. The van der Waals surface area contributed by atoms with E-state index < -0.39 is 5.60 Å². The molecule has 1 heteroatoms. The molecule has 0 unspecified atom stereocenters. The Bertz CT molecular complexity index is 1340. The molecule has 0 fully saturated rings. The van der Waals surface area contributed by atoms with Crippen LogP contribution in [0, 0.1) is 5.92 Å². The molecule has 0 spiro atoms. The van der Waals surface area contributed by atoms with Crippen LogP contribution in [0.4, 0.5) is 0 Å². The highest BCUT2D eigenvalue weighted by Gasteiger charge is 2.23. The standard InChI is InChI=1S/C45H64O/c1-36(2)20-15-23-40(7)26-18-29-41(8)27-16-24-38(5)21-13-14-22-39(6)25-17-28-42(9)30-19-31-43(10)33-35-44(45(11,12)46)34-32-37(3)4/h13-14,16-22,24-33,35,44,46H,15,23,34H2,1-12H3/b14-13-,24-16-,25-17-,29-18-,30-19-,35-33-,38-21+,39-22+,40-26+,41-27+,42-28+,43-31+/t44-/m0/s1. The maximum absolute atomic E-state index is 10.5. The van der Waals surface area contributed by atoms with Gasteiger partial charge in [0.15, 0.2) is 0 Å². The van der Waals surface area contributed by atoms with E-state index in [0.717, 1.165) is 24.8 Å². The summed E-state index contributed by atoms with van der Waals surface area (Å²) >= 11 is 0. The Hall–Kier alpha value is -3.68. The molecule has 0 aliphatic heterocycles. The Labute approximate surface area is 284 Å². The minimum atomic E-state index is -0.753. The van der Waals surface area contributed by atoms with E-state index >= 15 is 0 Å². The highest BCUT2D eigenvalue weighted by atomic mass is 16.3. The Morgan fingerprint density at radius 2 is 0.870 bits per heavy atom. The smallest absolute Gasteiger partial charge is 0.0657 e. The lowest BCUT2D eigenvalue weighted by Crippen LogP contribution is -2.29. The topological polar surface area (TPSA) is 20.2 Å². The largest absolute Gasteiger partial charge is 0.390 e. The second-order valence-corrected chi connectivity index (χ2v) is 13.3. The molecular formula is C45H64O. The van der Waals surface area contributed by atoms with Gasteiger partial charge in [0.1, 0.15) is 0 Å². The fourth-order valence-corrected chi connectivity index (χ4v) is 4.02. The van der Waals surface area contributed by atoms with E-state index in [0.29, 0.717) is 0 Å². The molecule has 46 heavy (non-hydrogen) atoms. The summed E-state index contributed by atoms with van der Waals surface area (Å²) in [4.78, 5) is 0. The van der Waals surface area contributed by atoms with Crippen LogP contribution in [0.15, 0.2) is 166 Å². The summed E-state index contributed by atoms with van der Waals surface area (Å²) < 4.78 is 0. The van der Waals surface area contributed by atoms with E-state index in [-0.39, 0.29) is 5.92 Å². The molecule has 250 valence electrons. The van der Waals surface area contributed by atoms with E-state index in [1.54, 1.807) is 0 Å². The van der Waals surface area contributed by atoms with Crippen LogP contribution in [-0.2, 0) is 0 Å². The van der Waals surface area contributed by atoms with E-state index in [1.165, 1.54) is 39.0 Å². The number of hydrogen-bond acceptors (Lipinski definition) is 1. The lowest BCUT2D eigenvalue weighted by atomic mass is 9.87. The van der Waals surface area contributed by atoms with Gasteiger partial charge < -0.3 is 5.11 Å². The first-order valence-electron chi connectivity index (χ1n) is 16.7. The van der Waals surface area contributed by atoms with E-state index in [9.17, 15) is 5.11 Å². The van der Waals surface area contributed by atoms with Gasteiger partial charge in [0.05, 0.1) is 5.60 Å². The van der Waals surface area contributed by atoms with Gasteiger partial charge in [-0.1, -0.05) is 166 Å². The SMILES string of the molecule is CC(C)=CCC/C(C)=C/C=C\C(C)=C\C=C/C(C)=C/C=C\C=C(C)\C=C/C=C(C)/C=C\C=C(C)\C=C/[C@H](CC=C(C)C)C(C)(C)O. The van der Waals surface area contributed by atoms with E-state index in [4.69, 9.17) is 0 Å². The van der Waals surface area contributed by atoms with Crippen LogP contribution >= 0.6 is 0 Å². The zero-order chi connectivity index (χ0) is 35.0. The van der Waals surface area contributed by atoms with E-state index in [1.807, 2.05) is 13.8 Å². The summed E-state index contributed by atoms with van der Waals surface area (Å²) in [5, 5.41) is 10.5. The van der Waals surface area contributed by atoms with Crippen molar-refractivity contribution in [3.63, 3.8) is 0 Å². The van der Waals surface area contributed by atoms with Crippen LogP contribution in [0.25, 0.3) is 0 Å². The molecule has 1 atom stereocenters. The zero-order valence-corrected chi connectivity index (χ0v) is 31.2. The molecule has 0 rings (SSSR count). The summed E-state index contributed by atoms with van der Waals surface area (Å²) in [7, 11) is 0. The Morgan fingerprint density at radius 3 is 1.26 bits per heavy atom. The fourth-order valence-electron chi connectivity index (χ4n) is 4.02. The van der Waals surface area contributed by atoms with Gasteiger partial charge in [0.2, 0.25) is 0 Å². The van der Waals surface area contributed by atoms with Gasteiger partial charge in [-0.25, -0.2) is 0 Å². The number of aliphatic hydroxyl groups is 1. The maximum atomic E-state index is 10.5. The molecule has 0 radical (unpaired) electrons. The summed E-state index contributed by atoms with van der Waals surface area (Å²) in [5.74, 6) is 0.0781. The molecule has 0 aromatic heterocycles. The van der Waals surface area contributed by atoms with Gasteiger partial charge in [0.25, 0.3) is 0 Å². The van der Waals surface area contributed by atoms with Crippen molar-refractivity contribution in [2.75, 3.05) is 0 Å². The maximum Gasteiger partial charge on any atom is 0.0657 e. The first kappa shape index (κ1) is 42.3. The second kappa shape index (κ2) is 24.5. The Morgan fingerprint density at radius 1 is 0.500 bits per heavy atom. The van der Waals surface area contributed by atoms with Gasteiger partial charge in [0, 0.05) is 5.92 Å². The molecule has 0 bridgehead atoms. The van der Waals surface area contributed by atoms with Crippen molar-refractivity contribution in [3.8, 4) is 0 Å². The predicted octanol–water partition coefficient (Wildman–Crippen LogP) is 13.5. The number of allylic oxidation sites excluding steroid dienone is 27. The fraction of sp³-hybridized carbons (Fsp3) is 0.378. The van der Waals surface area contributed by atoms with Crippen LogP contribution in [0.2, 0.25) is 0 Å². The number of hydrogen-bond donors (Lipinski definition) is 1. The monoisotopic (exact) mass is 620 g/mol. The van der Waals surface area contributed by atoms with Gasteiger partial charge >= 0.3 is 0 Å². The van der Waals surface area contributed by atoms with Gasteiger partial charge in [-0.05, 0) is 102 Å². The molecule has 0 amide bonds. The van der Waals surface area contributed by atoms with Crippen molar-refractivity contribution in [1.82, 2.24) is 0 Å². The first-order valence-corrected chi connectivity index (χ1v) is 16.7. The van der Waals surface area contributed by atoms with Crippen molar-refractivity contribution in [3.05, 3.63) is 166 Å². The molecule has 1 N–H and O–H groups in total. The molecule has 0 aromatic rings. The zero-order valence-electron chi connectivity index (χ0n) is 31.2. The lowest BCUT2D eigenvalue weighted by molar-refractivity contribution is 0.0380. The third-order valence-electron chi connectivity index (χ3n) is 7.09. The minimum absolute atomic E-state index is 0.0781. The van der Waals surface area contributed by atoms with Crippen molar-refractivity contribution in [2.45, 2.75) is 108 Å². The van der Waals surface area contributed by atoms with Crippen molar-refractivity contribution in [1.29, 1.82) is 0 Å². The second-order valence-electron chi connectivity index (χ2n) is 13.3. The van der Waals surface area contributed by atoms with E-state index in [2.05, 4.69) is 191 Å². The summed E-state index contributed by atoms with van der Waals surface area (Å²) in [6.07, 6.45) is 45.6. The molecule has 0 aliphatic rings. The van der Waals surface area contributed by atoms with Crippen LogP contribution in [0.1, 0.15) is 102 Å². The van der Waals surface area contributed by atoms with Crippen LogP contribution < -0.4 is 0 Å². The molecule has 0 aliphatic carbocycles. The lowest BCUT2D eigenvalue weighted by Gasteiger charge is -2.26. The van der Waals surface area contributed by atoms with Crippen molar-refractivity contribution >= 4 is 0 Å². The summed E-state index contributed by atoms with van der Waals surface area (Å²) in [6, 6.07) is 0. The van der Waals surface area contributed by atoms with Crippen LogP contribution in [0.3, 0.4) is 0 Å². The highest BCUT2D eigenvalue weighted by Crippen LogP contribution is 2.23. The molecular weight excluding hydrogens is 556 g/mol. The molecule has 0 aromatic carbocycles. The van der Waals surface area contributed by atoms with Gasteiger partial charge in [-0.15, -0.1) is 0 Å². The van der Waals surface area contributed by atoms with Crippen LogP contribution in [-0.4, -0.2) is 10.7 Å². The van der Waals surface area contributed by atoms with Crippen molar-refractivity contribution < 1.29 is 5.11 Å². The minimum Gasteiger partial charge on any atom is -0.390 e. The van der Waals surface area contributed by atoms with Gasteiger partial charge in [-0.3, -0.25) is 0 Å². The third-order valence-corrected chi connectivity index (χ3v) is 7.09. The molecule has 0 saturated carbocycles. The average molecular weight is 621 g/mol. The molecule has 0 heterocycles. The van der Waals surface area contributed by atoms with Crippen LogP contribution in [0.5, 0.6) is 0 Å². The predicted molar refractivity (Wildman–Crippen MR) is 210 cm³/mol. The summed E-state index contributed by atoms with van der Waals surface area (Å²) in [5.41, 5.74) is 9.25. The van der Waals surface area contributed by atoms with Crippen molar-refractivity contribution in [2.24, 2.45) is 5.92 Å². The Kier molecular flexibility index (Phi) is 22.6. The average Bonchev–Trinajstić information content (AvgIpc) is 2.94. The summed E-state index contributed by atoms with van der Waals surface area (Å²) in [6.45, 7) is 25.0. The van der Waals surface area contributed by atoms with Gasteiger partial charge in [-0.2, -0.15) is 0 Å².